The zero-order chi connectivity index (χ0) is 50.6. The molecule has 2 aromatic carbocycles. The van der Waals surface area contributed by atoms with Crippen molar-refractivity contribution in [1.82, 2.24) is 14.9 Å². The van der Waals surface area contributed by atoms with Crippen LogP contribution in [-0.2, 0) is 51.8 Å². The van der Waals surface area contributed by atoms with Crippen molar-refractivity contribution in [2.45, 2.75) is 34.3 Å². The molecule has 3 heterocycles. The summed E-state index contributed by atoms with van der Waals surface area (Å²) < 4.78 is 127. The van der Waals surface area contributed by atoms with E-state index in [1.807, 2.05) is 4.98 Å². The van der Waals surface area contributed by atoms with Gasteiger partial charge in [0.2, 0.25) is 0 Å². The van der Waals surface area contributed by atoms with Crippen LogP contribution in [0.3, 0.4) is 0 Å². The van der Waals surface area contributed by atoms with Crippen LogP contribution < -0.4 is 27.7 Å². The quantitative estimate of drug-likeness (QED) is 0.0210. The number of carbonyl (C=O) groups is 2. The number of rotatable bonds is 14. The van der Waals surface area contributed by atoms with Crippen molar-refractivity contribution in [2.75, 3.05) is 18.9 Å². The number of hydrogen-bond donors (Lipinski definition) is 13. The number of carboxylic acid groups (broad SMARTS) is 1. The van der Waals surface area contributed by atoms with Crippen molar-refractivity contribution in [3.05, 3.63) is 91.5 Å². The monoisotopic (exact) mass is 1050 g/mol. The van der Waals surface area contributed by atoms with Gasteiger partial charge in [0.25, 0.3) is 31.7 Å². The van der Waals surface area contributed by atoms with Gasteiger partial charge >= 0.3 is 35.1 Å². The molecule has 14 N–H and O–H groups in total. The number of aliphatic hydroxyl groups excluding tert-OH is 2. The van der Waals surface area contributed by atoms with Crippen molar-refractivity contribution >= 4 is 72.2 Å². The van der Waals surface area contributed by atoms with Gasteiger partial charge in [-0.2, -0.15) is 25.5 Å². The zero-order valence-corrected chi connectivity index (χ0v) is 37.4. The van der Waals surface area contributed by atoms with Gasteiger partial charge < -0.3 is 55.1 Å². The highest BCUT2D eigenvalue weighted by molar-refractivity contribution is 7.86. The fraction of sp³-hybridized carbons (Fsp3) is 0.182. The van der Waals surface area contributed by atoms with Crippen LogP contribution in [-0.4, -0.2) is 114 Å². The summed E-state index contributed by atoms with van der Waals surface area (Å²) in [6.07, 6.45) is -7.07. The maximum absolute atomic E-state index is 13.3. The van der Waals surface area contributed by atoms with Gasteiger partial charge in [-0.15, -0.1) is 0 Å². The van der Waals surface area contributed by atoms with Gasteiger partial charge in [0.05, 0.1) is 29.8 Å². The minimum Gasteiger partial charge on any atom is -0.478 e. The Hall–Kier alpha value is -5.78. The van der Waals surface area contributed by atoms with Crippen molar-refractivity contribution < 1.29 is 106 Å². The fourth-order valence-electron chi connectivity index (χ4n) is 6.57. The minimum atomic E-state index is -5.92. The second-order valence-electron chi connectivity index (χ2n) is 13.8. The third-order valence-electron chi connectivity index (χ3n) is 9.25. The number of nitrogen functional groups attached to an aromatic ring is 1. The molecule has 1 amide bonds. The van der Waals surface area contributed by atoms with E-state index >= 15 is 0 Å². The van der Waals surface area contributed by atoms with E-state index in [-0.39, 0.29) is 27.6 Å². The number of ether oxygens (including phenoxy) is 1. The lowest BCUT2D eigenvalue weighted by atomic mass is 9.89. The summed E-state index contributed by atoms with van der Waals surface area (Å²) >= 11 is 0. The van der Waals surface area contributed by atoms with E-state index in [1.165, 1.54) is 0 Å². The zero-order valence-electron chi connectivity index (χ0n) is 33.1. The number of fused-ring (bicyclic) bond motifs is 2. The van der Waals surface area contributed by atoms with Crippen molar-refractivity contribution in [3.63, 3.8) is 0 Å². The first-order valence-electron chi connectivity index (χ1n) is 17.9. The Kier molecular flexibility index (Phi) is 14.1. The van der Waals surface area contributed by atoms with Crippen LogP contribution in [0.25, 0.3) is 33.4 Å². The molecule has 0 spiro atoms. The highest BCUT2D eigenvalue weighted by Crippen LogP contribution is 2.66. The molecule has 3 aliphatic rings. The van der Waals surface area contributed by atoms with Crippen molar-refractivity contribution in [1.29, 1.82) is 5.41 Å². The van der Waals surface area contributed by atoms with Crippen LogP contribution in [0.15, 0.2) is 72.5 Å². The van der Waals surface area contributed by atoms with E-state index in [0.29, 0.717) is 4.57 Å². The summed E-state index contributed by atoms with van der Waals surface area (Å²) in [6.45, 7) is -1.83. The number of hydrogen-bond acceptors (Lipinski definition) is 20. The predicted octanol–water partition coefficient (Wildman–Crippen LogP) is -0.948. The number of aromatic carboxylic acids is 1. The van der Waals surface area contributed by atoms with Crippen molar-refractivity contribution in [3.8, 4) is 34.3 Å². The lowest BCUT2D eigenvalue weighted by molar-refractivity contribution is -0.0542. The fourth-order valence-corrected chi connectivity index (χ4v) is 11.1. The summed E-state index contributed by atoms with van der Waals surface area (Å²) in [5, 5.41) is 40.7. The number of phosphoric ester groups is 1. The highest BCUT2D eigenvalue weighted by Gasteiger charge is 2.47. The molecule has 68 heavy (non-hydrogen) atoms. The van der Waals surface area contributed by atoms with Crippen LogP contribution in [0, 0.1) is 17.3 Å². The summed E-state index contributed by atoms with van der Waals surface area (Å²) in [4.78, 5) is 87.2. The molecule has 6 atom stereocenters. The summed E-state index contributed by atoms with van der Waals surface area (Å²) in [5.41, 5.74) is -0.387. The predicted molar refractivity (Wildman–Crippen MR) is 221 cm³/mol. The Morgan fingerprint density at radius 3 is 2.18 bits per heavy atom. The number of phosphoric acid groups is 3. The molecule has 3 aromatic rings. The Bertz CT molecular complexity index is 3540. The van der Waals surface area contributed by atoms with Crippen LogP contribution in [0.1, 0.15) is 32.5 Å². The van der Waals surface area contributed by atoms with Crippen LogP contribution in [0.4, 0.5) is 5.69 Å². The first-order valence-corrected chi connectivity index (χ1v) is 25.3. The van der Waals surface area contributed by atoms with Crippen molar-refractivity contribution in [2.24, 2.45) is 0 Å². The largest absolute Gasteiger partial charge is 0.490 e. The normalized spacial score (nSPS) is 19.5. The maximum atomic E-state index is 13.3. The molecule has 30 nitrogen and oxygen atoms in total. The molecule has 6 rings (SSSR count). The van der Waals surface area contributed by atoms with E-state index in [9.17, 15) is 83.9 Å². The Morgan fingerprint density at radius 2 is 1.56 bits per heavy atom. The van der Waals surface area contributed by atoms with Crippen LogP contribution in [0.5, 0.6) is 0 Å². The highest BCUT2D eigenvalue weighted by atomic mass is 32.2. The molecule has 0 radical (unpaired) electrons. The number of H-pyrrole nitrogens is 1. The number of nitrogens with one attached hydrogen (secondary N) is 3. The van der Waals surface area contributed by atoms with Gasteiger partial charge in [0, 0.05) is 28.3 Å². The number of aromatic nitrogens is 2. The number of benzene rings is 3. The molecule has 1 aliphatic carbocycles. The maximum Gasteiger partial charge on any atom is 0.490 e. The van der Waals surface area contributed by atoms with E-state index in [1.54, 1.807) is 0 Å². The molecule has 0 bridgehead atoms. The number of nitrogens with zero attached hydrogens (tertiary/aromatic N) is 1. The molecular formula is C33H30N5O25P3S2. The molecule has 35 heteroatoms. The number of aliphatic hydroxyl groups is 2. The van der Waals surface area contributed by atoms with E-state index in [2.05, 4.69) is 30.3 Å². The summed E-state index contributed by atoms with van der Waals surface area (Å²) in [5.74, 6) is 1.17. The molecule has 1 fully saturated rings. The molecular weight excluding hydrogens is 1020 g/mol. The molecule has 1 saturated heterocycles. The SMILES string of the molecule is N=c1ccc2c(-c3ccc(C(=O)NCC#Cc4cn([C@@H]5O[C@H](COP(=O)(O)OP(=O)(O)OP(=O)(O)O)[C@@H](O)[C@H]5O)c(=O)[nH]c4=O)cc3C(=O)O)c3ccc(N)c(S(=O)(=O)O)c3oc-2c1S(=O)(=O)O. The molecule has 2 aliphatic heterocycles. The lowest BCUT2D eigenvalue weighted by Crippen LogP contribution is -2.38. The van der Waals surface area contributed by atoms with Gasteiger partial charge in [-0.25, -0.2) is 23.3 Å². The second kappa shape index (κ2) is 18.6. The van der Waals surface area contributed by atoms with Gasteiger partial charge in [-0.1, -0.05) is 17.9 Å². The molecule has 0 saturated carbocycles. The smallest absolute Gasteiger partial charge is 0.478 e. The van der Waals surface area contributed by atoms with E-state index in [0.717, 1.165) is 48.7 Å². The number of amides is 1. The first-order chi connectivity index (χ1) is 31.3. The lowest BCUT2D eigenvalue weighted by Gasteiger charge is -2.20. The number of nitrogens with two attached hydrogens (primary N) is 1. The summed E-state index contributed by atoms with van der Waals surface area (Å²) in [6, 6.07) is 7.16. The third-order valence-corrected chi connectivity index (χ3v) is 14.9. The molecule has 1 aromatic heterocycles. The van der Waals surface area contributed by atoms with Crippen LogP contribution >= 0.6 is 23.5 Å². The average Bonchev–Trinajstić information content (AvgIpc) is 3.47. The van der Waals surface area contributed by atoms with E-state index in [4.69, 9.17) is 30.1 Å². The number of carbonyl (C=O) groups excluding carboxylic acids is 1. The topological polar surface area (TPSA) is 503 Å². The van der Waals surface area contributed by atoms with Gasteiger partial charge in [-0.05, 0) is 42.0 Å². The van der Waals surface area contributed by atoms with Crippen LogP contribution in [0.2, 0.25) is 0 Å². The summed E-state index contributed by atoms with van der Waals surface area (Å²) in [7, 11) is -27.9. The average molecular weight is 1050 g/mol. The number of aromatic amines is 1. The Labute approximate surface area is 377 Å². The van der Waals surface area contributed by atoms with E-state index < -0.39 is 148 Å². The molecule has 2 unspecified atom stereocenters. The second-order valence-corrected chi connectivity index (χ2v) is 20.9. The number of anilines is 1. The minimum absolute atomic E-state index is 0.273. The Morgan fingerprint density at radius 1 is 0.912 bits per heavy atom. The van der Waals surface area contributed by atoms with Gasteiger partial charge in [-0.3, -0.25) is 38.2 Å². The third kappa shape index (κ3) is 11.1. The van der Waals surface area contributed by atoms with Gasteiger partial charge in [0.1, 0.15) is 23.9 Å². The standard InChI is InChI=1S/C33H30N5O25P3S2/c34-19-7-5-16-22(17-6-8-20(35)28(68(56,57)58)26(17)61-25(16)27(19)67(53,54)55)15-4-3-13(10-18(15)32(43)44)29(41)36-9-1-2-14-11-38(33(45)37-30(14)42)31-24(40)23(39)21(60-31)12-59-65(49,50)63-66(51,52)62-64(46,47)48/h3-8,10-11,21,23-24,31,34,39-40H,9,12,35H2,(H,36,41)(H,43,44)(H,49,50)(H,51,52)(H,37,42,45)(H2,46,47,48)(H,53,54,55)(H,56,57,58)/t21-,23-,24-,31-/m1/s1. The first kappa shape index (κ1) is 51.6. The van der Waals surface area contributed by atoms with Gasteiger partial charge in [0.15, 0.2) is 27.4 Å². The number of carboxylic acids is 1. The molecule has 364 valence electrons. The Balaban J connectivity index is 1.25.